The van der Waals surface area contributed by atoms with E-state index in [1.165, 1.54) is 18.4 Å². The van der Waals surface area contributed by atoms with Gasteiger partial charge in [0, 0.05) is 0 Å². The van der Waals surface area contributed by atoms with Crippen molar-refractivity contribution in [2.24, 2.45) is 0 Å². The predicted octanol–water partition coefficient (Wildman–Crippen LogP) is 2.36. The molecule has 12 heavy (non-hydrogen) atoms. The van der Waals surface area contributed by atoms with Crippen LogP contribution in [0.15, 0.2) is 12.3 Å². The molecule has 66 valence electrons. The summed E-state index contributed by atoms with van der Waals surface area (Å²) in [5.41, 5.74) is 7.66. The summed E-state index contributed by atoms with van der Waals surface area (Å²) in [6.07, 6.45) is 4.12. The highest BCUT2D eigenvalue weighted by Gasteiger charge is 2.25. The number of nitrogen functional groups attached to an aromatic ring is 1. The normalized spacial score (nSPS) is 15.4. The summed E-state index contributed by atoms with van der Waals surface area (Å²) in [6, 6.07) is 1.87. The van der Waals surface area contributed by atoms with E-state index in [4.69, 9.17) is 17.3 Å². The lowest BCUT2D eigenvalue weighted by Gasteiger charge is -2.01. The number of pyridine rings is 1. The van der Waals surface area contributed by atoms with Crippen molar-refractivity contribution in [2.75, 3.05) is 5.73 Å². The number of nitrogens with two attached hydrogens (primary N) is 1. The van der Waals surface area contributed by atoms with E-state index in [1.54, 1.807) is 6.20 Å². The summed E-state index contributed by atoms with van der Waals surface area (Å²) in [6.45, 7) is 0. The topological polar surface area (TPSA) is 73.9 Å². The molecule has 0 saturated heterocycles. The van der Waals surface area contributed by atoms with Crippen molar-refractivity contribution in [1.29, 1.82) is 0 Å². The number of hydrogen-bond donors (Lipinski definition) is 2. The Morgan fingerprint density at radius 3 is 2.75 bits per heavy atom. The third kappa shape index (κ3) is 1.68. The lowest BCUT2D eigenvalue weighted by molar-refractivity contribution is 1.11. The standard InChI is InChI=1S/C8H9ClN2.H3N/c9-8-3-6(5-1-2-5)7(10)4-11-8;/h3-5H,1-2,10H2;1H3. The molecule has 4 heteroatoms. The highest BCUT2D eigenvalue weighted by molar-refractivity contribution is 6.29. The first kappa shape index (κ1) is 9.29. The van der Waals surface area contributed by atoms with Crippen molar-refractivity contribution in [3.8, 4) is 0 Å². The molecule has 0 spiro atoms. The molecule has 1 aliphatic rings. The van der Waals surface area contributed by atoms with Gasteiger partial charge in [0.15, 0.2) is 0 Å². The lowest BCUT2D eigenvalue weighted by atomic mass is 10.1. The highest BCUT2D eigenvalue weighted by atomic mass is 35.5. The molecule has 0 bridgehead atoms. The van der Waals surface area contributed by atoms with Crippen LogP contribution < -0.4 is 11.9 Å². The first-order valence-electron chi connectivity index (χ1n) is 3.68. The van der Waals surface area contributed by atoms with Crippen LogP contribution in [-0.4, -0.2) is 4.98 Å². The summed E-state index contributed by atoms with van der Waals surface area (Å²) in [4.78, 5) is 3.89. The molecular formula is C8H12ClN3. The van der Waals surface area contributed by atoms with Crippen LogP contribution in [0.25, 0.3) is 0 Å². The molecule has 0 unspecified atom stereocenters. The Morgan fingerprint density at radius 2 is 2.17 bits per heavy atom. The highest BCUT2D eigenvalue weighted by Crippen LogP contribution is 2.42. The molecule has 3 nitrogen and oxygen atoms in total. The SMILES string of the molecule is N.Nc1cnc(Cl)cc1C1CC1. The summed E-state index contributed by atoms with van der Waals surface area (Å²) < 4.78 is 0. The average molecular weight is 186 g/mol. The van der Waals surface area contributed by atoms with Gasteiger partial charge in [-0.15, -0.1) is 0 Å². The summed E-state index contributed by atoms with van der Waals surface area (Å²) in [5, 5.41) is 0.543. The fourth-order valence-electron chi connectivity index (χ4n) is 1.20. The summed E-state index contributed by atoms with van der Waals surface area (Å²) in [5.74, 6) is 0.649. The summed E-state index contributed by atoms with van der Waals surface area (Å²) >= 11 is 5.72. The Bertz CT molecular complexity index is 284. The number of anilines is 1. The van der Waals surface area contributed by atoms with Crippen molar-refractivity contribution in [3.05, 3.63) is 23.0 Å². The Hall–Kier alpha value is -0.800. The van der Waals surface area contributed by atoms with E-state index in [1.807, 2.05) is 6.07 Å². The van der Waals surface area contributed by atoms with Crippen molar-refractivity contribution in [3.63, 3.8) is 0 Å². The van der Waals surface area contributed by atoms with Crippen LogP contribution in [0.5, 0.6) is 0 Å². The Kier molecular flexibility index (Phi) is 2.55. The minimum atomic E-state index is 0. The molecular weight excluding hydrogens is 174 g/mol. The Balaban J connectivity index is 0.000000720. The maximum absolute atomic E-state index is 5.72. The molecule has 1 aromatic rings. The second kappa shape index (κ2) is 3.29. The number of aromatic nitrogens is 1. The minimum Gasteiger partial charge on any atom is -0.397 e. The van der Waals surface area contributed by atoms with Crippen LogP contribution in [0.3, 0.4) is 0 Å². The van der Waals surface area contributed by atoms with Gasteiger partial charge in [-0.3, -0.25) is 0 Å². The molecule has 0 aliphatic heterocycles. The van der Waals surface area contributed by atoms with Crippen molar-refractivity contribution in [2.45, 2.75) is 18.8 Å². The minimum absolute atomic E-state index is 0. The van der Waals surface area contributed by atoms with Gasteiger partial charge in [0.2, 0.25) is 0 Å². The van der Waals surface area contributed by atoms with Gasteiger partial charge in [-0.05, 0) is 30.4 Å². The maximum Gasteiger partial charge on any atom is 0.129 e. The molecule has 1 aromatic heterocycles. The van der Waals surface area contributed by atoms with Crippen LogP contribution in [0.2, 0.25) is 5.15 Å². The van der Waals surface area contributed by atoms with Crippen LogP contribution in [0, 0.1) is 0 Å². The van der Waals surface area contributed by atoms with Gasteiger partial charge in [-0.2, -0.15) is 0 Å². The smallest absolute Gasteiger partial charge is 0.129 e. The van der Waals surface area contributed by atoms with E-state index in [0.717, 1.165) is 5.69 Å². The van der Waals surface area contributed by atoms with Crippen molar-refractivity contribution >= 4 is 17.3 Å². The lowest BCUT2D eigenvalue weighted by Crippen LogP contribution is -1.93. The van der Waals surface area contributed by atoms with Crippen LogP contribution in [0.1, 0.15) is 24.3 Å². The molecule has 0 amide bonds. The van der Waals surface area contributed by atoms with Crippen molar-refractivity contribution in [1.82, 2.24) is 11.1 Å². The monoisotopic (exact) mass is 185 g/mol. The Morgan fingerprint density at radius 1 is 1.50 bits per heavy atom. The molecule has 5 N–H and O–H groups in total. The van der Waals surface area contributed by atoms with E-state index >= 15 is 0 Å². The molecule has 1 heterocycles. The van der Waals surface area contributed by atoms with Gasteiger partial charge in [-0.25, -0.2) is 4.98 Å². The van der Waals surface area contributed by atoms with Crippen LogP contribution >= 0.6 is 11.6 Å². The molecule has 1 aliphatic carbocycles. The second-order valence-electron chi connectivity index (χ2n) is 2.91. The molecule has 0 aromatic carbocycles. The maximum atomic E-state index is 5.72. The fraction of sp³-hybridized carbons (Fsp3) is 0.375. The van der Waals surface area contributed by atoms with E-state index in [0.29, 0.717) is 11.1 Å². The fourth-order valence-corrected chi connectivity index (χ4v) is 1.37. The molecule has 0 radical (unpaired) electrons. The van der Waals surface area contributed by atoms with Gasteiger partial charge >= 0.3 is 0 Å². The third-order valence-corrected chi connectivity index (χ3v) is 2.16. The number of rotatable bonds is 1. The molecule has 1 saturated carbocycles. The quantitative estimate of drug-likeness (QED) is 0.660. The van der Waals surface area contributed by atoms with E-state index < -0.39 is 0 Å². The third-order valence-electron chi connectivity index (χ3n) is 1.95. The number of hydrogen-bond acceptors (Lipinski definition) is 3. The van der Waals surface area contributed by atoms with Crippen LogP contribution in [0.4, 0.5) is 5.69 Å². The number of nitrogens with zero attached hydrogens (tertiary/aromatic N) is 1. The average Bonchev–Trinajstić information content (AvgIpc) is 2.76. The van der Waals surface area contributed by atoms with Gasteiger partial charge in [0.05, 0.1) is 11.9 Å². The zero-order valence-electron chi connectivity index (χ0n) is 6.76. The van der Waals surface area contributed by atoms with Gasteiger partial charge < -0.3 is 11.9 Å². The zero-order chi connectivity index (χ0) is 7.84. The van der Waals surface area contributed by atoms with Gasteiger partial charge in [0.1, 0.15) is 5.15 Å². The second-order valence-corrected chi connectivity index (χ2v) is 3.30. The molecule has 1 fully saturated rings. The first-order valence-corrected chi connectivity index (χ1v) is 4.06. The van der Waals surface area contributed by atoms with Crippen LogP contribution in [-0.2, 0) is 0 Å². The van der Waals surface area contributed by atoms with E-state index in [2.05, 4.69) is 4.98 Å². The molecule has 2 rings (SSSR count). The first-order chi connectivity index (χ1) is 5.27. The molecule has 0 atom stereocenters. The summed E-state index contributed by atoms with van der Waals surface area (Å²) in [7, 11) is 0. The van der Waals surface area contributed by atoms with E-state index in [-0.39, 0.29) is 6.15 Å². The van der Waals surface area contributed by atoms with Crippen molar-refractivity contribution < 1.29 is 0 Å². The zero-order valence-corrected chi connectivity index (χ0v) is 7.51. The predicted molar refractivity (Wildman–Crippen MR) is 50.7 cm³/mol. The largest absolute Gasteiger partial charge is 0.397 e. The van der Waals surface area contributed by atoms with E-state index in [9.17, 15) is 0 Å². The van der Waals surface area contributed by atoms with Gasteiger partial charge in [0.25, 0.3) is 0 Å². The number of halogens is 1. The van der Waals surface area contributed by atoms with Gasteiger partial charge in [-0.1, -0.05) is 11.6 Å². The Labute approximate surface area is 76.5 Å².